The van der Waals surface area contributed by atoms with Crippen LogP contribution >= 0.6 is 0 Å². The summed E-state index contributed by atoms with van der Waals surface area (Å²) in [4.78, 5) is 24.0. The van der Waals surface area contributed by atoms with Crippen molar-refractivity contribution in [1.29, 1.82) is 0 Å². The number of imide groups is 1. The maximum atomic E-state index is 12.2. The third kappa shape index (κ3) is 4.98. The number of carbonyl (C=O) groups is 2. The van der Waals surface area contributed by atoms with Gasteiger partial charge in [0, 0.05) is 11.2 Å². The Hall–Kier alpha value is -2.04. The molecular formula is C18H27N3O2. The zero-order valence-electron chi connectivity index (χ0n) is 14.5. The van der Waals surface area contributed by atoms with Crippen molar-refractivity contribution < 1.29 is 9.59 Å². The van der Waals surface area contributed by atoms with Crippen LogP contribution < -0.4 is 16.0 Å². The van der Waals surface area contributed by atoms with Gasteiger partial charge >= 0.3 is 6.03 Å². The van der Waals surface area contributed by atoms with Crippen molar-refractivity contribution in [2.24, 2.45) is 0 Å². The van der Waals surface area contributed by atoms with Gasteiger partial charge in [0.2, 0.25) is 5.91 Å². The molecular weight excluding hydrogens is 290 g/mol. The predicted molar refractivity (Wildman–Crippen MR) is 92.6 cm³/mol. The van der Waals surface area contributed by atoms with Crippen molar-refractivity contribution in [2.75, 3.05) is 5.32 Å². The van der Waals surface area contributed by atoms with E-state index in [0.29, 0.717) is 0 Å². The second-order valence-corrected chi connectivity index (χ2v) is 7.21. The fourth-order valence-corrected chi connectivity index (χ4v) is 2.81. The van der Waals surface area contributed by atoms with Gasteiger partial charge in [-0.25, -0.2) is 4.79 Å². The monoisotopic (exact) mass is 317 g/mol. The molecule has 3 amide bonds. The molecule has 0 saturated carbocycles. The van der Waals surface area contributed by atoms with E-state index in [4.69, 9.17) is 0 Å². The molecule has 1 aliphatic rings. The minimum Gasteiger partial charge on any atom is -0.374 e. The summed E-state index contributed by atoms with van der Waals surface area (Å²) >= 11 is 0. The van der Waals surface area contributed by atoms with Crippen LogP contribution in [0.4, 0.5) is 10.5 Å². The van der Waals surface area contributed by atoms with Crippen molar-refractivity contribution in [2.45, 2.75) is 65.0 Å². The Morgan fingerprint density at radius 2 is 1.83 bits per heavy atom. The quantitative estimate of drug-likeness (QED) is 0.802. The number of aryl methyl sites for hydroxylation is 1. The number of urea groups is 1. The molecule has 23 heavy (non-hydrogen) atoms. The fraction of sp³-hybridized carbons (Fsp3) is 0.556. The van der Waals surface area contributed by atoms with E-state index in [0.717, 1.165) is 18.5 Å². The number of benzene rings is 1. The molecule has 0 aromatic heterocycles. The number of nitrogens with one attached hydrogen (secondary N) is 3. The van der Waals surface area contributed by atoms with Gasteiger partial charge in [-0.1, -0.05) is 12.1 Å². The van der Waals surface area contributed by atoms with Crippen molar-refractivity contribution >= 4 is 17.6 Å². The highest BCUT2D eigenvalue weighted by molar-refractivity contribution is 5.98. The zero-order valence-corrected chi connectivity index (χ0v) is 14.5. The molecule has 5 nitrogen and oxygen atoms in total. The highest BCUT2D eigenvalue weighted by Gasteiger charge is 2.21. The molecule has 2 rings (SSSR count). The summed E-state index contributed by atoms with van der Waals surface area (Å²) in [5, 5.41) is 8.35. The fourth-order valence-electron chi connectivity index (χ4n) is 2.81. The first-order valence-corrected chi connectivity index (χ1v) is 8.26. The zero-order chi connectivity index (χ0) is 17.0. The molecule has 0 fully saturated rings. The second kappa shape index (κ2) is 7.02. The average Bonchev–Trinajstić information content (AvgIpc) is 2.45. The highest BCUT2D eigenvalue weighted by Crippen LogP contribution is 2.28. The summed E-state index contributed by atoms with van der Waals surface area (Å²) in [5.74, 6) is -0.333. The van der Waals surface area contributed by atoms with E-state index >= 15 is 0 Å². The third-order valence-electron chi connectivity index (χ3n) is 3.89. The summed E-state index contributed by atoms with van der Waals surface area (Å²) in [6, 6.07) is 5.23. The Morgan fingerprint density at radius 1 is 1.13 bits per heavy atom. The number of rotatable bonds is 3. The van der Waals surface area contributed by atoms with Gasteiger partial charge in [0.25, 0.3) is 0 Å². The molecule has 126 valence electrons. The number of hydrogen-bond acceptors (Lipinski definition) is 3. The van der Waals surface area contributed by atoms with Crippen LogP contribution in [0.2, 0.25) is 0 Å². The Kier molecular flexibility index (Phi) is 5.29. The van der Waals surface area contributed by atoms with Crippen LogP contribution in [0.5, 0.6) is 0 Å². The molecule has 1 aromatic carbocycles. The van der Waals surface area contributed by atoms with E-state index in [2.05, 4.69) is 22.0 Å². The third-order valence-corrected chi connectivity index (χ3v) is 3.89. The number of fused-ring (bicyclic) bond motifs is 1. The summed E-state index contributed by atoms with van der Waals surface area (Å²) in [6.45, 7) is 7.38. The normalized spacial score (nSPS) is 15.3. The second-order valence-electron chi connectivity index (χ2n) is 7.21. The first-order valence-electron chi connectivity index (χ1n) is 8.26. The van der Waals surface area contributed by atoms with E-state index in [-0.39, 0.29) is 11.4 Å². The van der Waals surface area contributed by atoms with Gasteiger partial charge in [-0.15, -0.1) is 0 Å². The Morgan fingerprint density at radius 3 is 2.52 bits per heavy atom. The van der Waals surface area contributed by atoms with Crippen LogP contribution in [0.15, 0.2) is 18.2 Å². The summed E-state index contributed by atoms with van der Waals surface area (Å²) in [7, 11) is 0. The number of hydrogen-bond donors (Lipinski definition) is 3. The van der Waals surface area contributed by atoms with E-state index < -0.39 is 12.1 Å². The van der Waals surface area contributed by atoms with Gasteiger partial charge in [-0.2, -0.15) is 0 Å². The summed E-state index contributed by atoms with van der Waals surface area (Å²) in [5.41, 5.74) is 3.29. The molecule has 0 radical (unpaired) electrons. The molecule has 1 atom stereocenters. The molecule has 3 N–H and O–H groups in total. The van der Waals surface area contributed by atoms with E-state index in [1.165, 1.54) is 24.0 Å². The minimum absolute atomic E-state index is 0.333. The first kappa shape index (κ1) is 17.3. The number of amides is 3. The molecule has 1 unspecified atom stereocenters. The predicted octanol–water partition coefficient (Wildman–Crippen LogP) is 2.99. The maximum absolute atomic E-state index is 12.2. The van der Waals surface area contributed by atoms with Crippen LogP contribution in [-0.4, -0.2) is 23.5 Å². The van der Waals surface area contributed by atoms with Crippen LogP contribution in [-0.2, 0) is 17.6 Å². The van der Waals surface area contributed by atoms with Gasteiger partial charge in [0.15, 0.2) is 0 Å². The van der Waals surface area contributed by atoms with Gasteiger partial charge in [0.05, 0.1) is 0 Å². The summed E-state index contributed by atoms with van der Waals surface area (Å²) in [6.07, 6.45) is 4.54. The van der Waals surface area contributed by atoms with Gasteiger partial charge < -0.3 is 10.6 Å². The molecule has 0 aliphatic heterocycles. The molecule has 5 heteroatoms. The molecule has 0 bridgehead atoms. The molecule has 0 heterocycles. The van der Waals surface area contributed by atoms with E-state index in [1.807, 2.05) is 32.9 Å². The highest BCUT2D eigenvalue weighted by atomic mass is 16.2. The first-order chi connectivity index (χ1) is 10.8. The topological polar surface area (TPSA) is 70.2 Å². The lowest BCUT2D eigenvalue weighted by atomic mass is 9.90. The van der Waals surface area contributed by atoms with Gasteiger partial charge in [-0.3, -0.25) is 10.1 Å². The van der Waals surface area contributed by atoms with E-state index in [1.54, 1.807) is 6.92 Å². The Labute approximate surface area is 138 Å². The van der Waals surface area contributed by atoms with Gasteiger partial charge in [0.1, 0.15) is 6.04 Å². The Bertz CT molecular complexity index is 590. The molecule has 1 aliphatic carbocycles. The van der Waals surface area contributed by atoms with Crippen molar-refractivity contribution in [1.82, 2.24) is 10.6 Å². The average molecular weight is 317 g/mol. The standard InChI is InChI=1S/C18H27N3O2/c1-12(16(22)20-17(23)21-18(2,3)4)19-15-11-7-9-13-8-5-6-10-14(13)15/h7,9,11-12,19H,5-6,8,10H2,1-4H3,(H2,20,21,22,23). The van der Waals surface area contributed by atoms with Crippen LogP contribution in [0.1, 0.15) is 51.7 Å². The van der Waals surface area contributed by atoms with E-state index in [9.17, 15) is 9.59 Å². The van der Waals surface area contributed by atoms with Crippen LogP contribution in [0.3, 0.4) is 0 Å². The lowest BCUT2D eigenvalue weighted by molar-refractivity contribution is -0.120. The molecule has 0 spiro atoms. The van der Waals surface area contributed by atoms with Crippen molar-refractivity contribution in [3.8, 4) is 0 Å². The minimum atomic E-state index is -0.478. The number of carbonyl (C=O) groups excluding carboxylic acids is 2. The number of anilines is 1. The SMILES string of the molecule is CC(Nc1cccc2c1CCCC2)C(=O)NC(=O)NC(C)(C)C. The smallest absolute Gasteiger partial charge is 0.321 e. The maximum Gasteiger partial charge on any atom is 0.321 e. The summed E-state index contributed by atoms with van der Waals surface area (Å²) < 4.78 is 0. The lowest BCUT2D eigenvalue weighted by Gasteiger charge is -2.24. The van der Waals surface area contributed by atoms with Crippen LogP contribution in [0.25, 0.3) is 0 Å². The molecule has 1 aromatic rings. The molecule has 0 saturated heterocycles. The van der Waals surface area contributed by atoms with Gasteiger partial charge in [-0.05, 0) is 70.6 Å². The van der Waals surface area contributed by atoms with Crippen molar-refractivity contribution in [3.05, 3.63) is 29.3 Å². The van der Waals surface area contributed by atoms with Crippen molar-refractivity contribution in [3.63, 3.8) is 0 Å². The lowest BCUT2D eigenvalue weighted by Crippen LogP contribution is -2.51. The van der Waals surface area contributed by atoms with Crippen LogP contribution in [0, 0.1) is 0 Å². The largest absolute Gasteiger partial charge is 0.374 e. The Balaban J connectivity index is 1.98.